The largest absolute Gasteiger partial charge is 0.384 e. The van der Waals surface area contributed by atoms with Crippen LogP contribution in [0.4, 0.5) is 11.5 Å². The molecule has 0 unspecified atom stereocenters. The Morgan fingerprint density at radius 1 is 1.14 bits per heavy atom. The van der Waals surface area contributed by atoms with Gasteiger partial charge >= 0.3 is 0 Å². The number of rotatable bonds is 3. The average Bonchev–Trinajstić information content (AvgIpc) is 2.75. The topological polar surface area (TPSA) is 64.3 Å². The molecular formula is C23H27N5O. The summed E-state index contributed by atoms with van der Waals surface area (Å²) in [5.74, 6) is 1.06. The number of pyridine rings is 2. The first-order valence-electron chi connectivity index (χ1n) is 10.5. The van der Waals surface area contributed by atoms with Crippen molar-refractivity contribution in [2.45, 2.75) is 26.3 Å². The lowest BCUT2D eigenvalue weighted by atomic mass is 9.97. The van der Waals surface area contributed by atoms with Gasteiger partial charge in [0, 0.05) is 56.4 Å². The summed E-state index contributed by atoms with van der Waals surface area (Å²) in [4.78, 5) is 25.0. The van der Waals surface area contributed by atoms with E-state index in [1.165, 1.54) is 16.5 Å². The first kappa shape index (κ1) is 18.2. The Bertz CT molecular complexity index is 1080. The number of hydrogen-bond acceptors (Lipinski definition) is 5. The van der Waals surface area contributed by atoms with E-state index in [2.05, 4.69) is 50.2 Å². The van der Waals surface area contributed by atoms with Gasteiger partial charge in [-0.2, -0.15) is 0 Å². The minimum absolute atomic E-state index is 0.0558. The Hall–Kier alpha value is -2.86. The summed E-state index contributed by atoms with van der Waals surface area (Å²) in [6.45, 7) is 7.98. The molecule has 1 saturated heterocycles. The fourth-order valence-corrected chi connectivity index (χ4v) is 4.69. The number of aromatic nitrogens is 2. The normalized spacial score (nSPS) is 17.2. The fraction of sp³-hybridized carbons (Fsp3) is 0.391. The van der Waals surface area contributed by atoms with Gasteiger partial charge in [-0.15, -0.1) is 0 Å². The van der Waals surface area contributed by atoms with Crippen molar-refractivity contribution in [3.63, 3.8) is 0 Å². The molecule has 6 nitrogen and oxygen atoms in total. The fourth-order valence-electron chi connectivity index (χ4n) is 4.69. The number of fused-ring (bicyclic) bond motifs is 3. The molecule has 0 spiro atoms. The van der Waals surface area contributed by atoms with Crippen LogP contribution in [0.5, 0.6) is 0 Å². The van der Waals surface area contributed by atoms with Crippen LogP contribution in [0.25, 0.3) is 10.9 Å². The Morgan fingerprint density at radius 2 is 2.00 bits per heavy atom. The Kier molecular flexibility index (Phi) is 4.72. The predicted octanol–water partition coefficient (Wildman–Crippen LogP) is 2.91. The van der Waals surface area contributed by atoms with Crippen LogP contribution in [-0.2, 0) is 13.0 Å². The lowest BCUT2D eigenvalue weighted by molar-refractivity contribution is 0.249. The molecule has 4 heterocycles. The molecule has 2 aliphatic rings. The number of aryl methyl sites for hydroxylation is 1. The van der Waals surface area contributed by atoms with Crippen LogP contribution < -0.4 is 15.8 Å². The molecule has 0 radical (unpaired) electrons. The van der Waals surface area contributed by atoms with Gasteiger partial charge in [0.25, 0.3) is 5.56 Å². The monoisotopic (exact) mass is 389 g/mol. The van der Waals surface area contributed by atoms with E-state index in [0.717, 1.165) is 74.7 Å². The van der Waals surface area contributed by atoms with E-state index in [1.54, 1.807) is 0 Å². The zero-order valence-electron chi connectivity index (χ0n) is 16.9. The van der Waals surface area contributed by atoms with Crippen LogP contribution in [0, 0.1) is 6.92 Å². The molecule has 5 rings (SSSR count). The Balaban J connectivity index is 1.36. The summed E-state index contributed by atoms with van der Waals surface area (Å²) in [7, 11) is 0. The van der Waals surface area contributed by atoms with Gasteiger partial charge in [-0.05, 0) is 49.1 Å². The first-order chi connectivity index (χ1) is 14.2. The zero-order chi connectivity index (χ0) is 19.8. The van der Waals surface area contributed by atoms with Gasteiger partial charge in [0.1, 0.15) is 5.82 Å². The van der Waals surface area contributed by atoms with Crippen molar-refractivity contribution in [1.29, 1.82) is 0 Å². The molecule has 29 heavy (non-hydrogen) atoms. The second-order valence-electron chi connectivity index (χ2n) is 8.12. The number of aromatic amines is 1. The SMILES string of the molecule is Cc1cc(CN2CCN(c3ccccn3)CC2)cc2[nH]c(=O)c3c(c12)NCCC3. The Morgan fingerprint density at radius 3 is 2.79 bits per heavy atom. The van der Waals surface area contributed by atoms with Gasteiger partial charge in [-0.1, -0.05) is 12.1 Å². The summed E-state index contributed by atoms with van der Waals surface area (Å²) >= 11 is 0. The van der Waals surface area contributed by atoms with Crippen molar-refractivity contribution in [2.75, 3.05) is 42.9 Å². The van der Waals surface area contributed by atoms with E-state index in [9.17, 15) is 4.79 Å². The van der Waals surface area contributed by atoms with Crippen LogP contribution in [0.1, 0.15) is 23.1 Å². The number of nitrogens with one attached hydrogen (secondary N) is 2. The number of nitrogens with zero attached hydrogens (tertiary/aromatic N) is 3. The van der Waals surface area contributed by atoms with Crippen molar-refractivity contribution in [2.24, 2.45) is 0 Å². The standard InChI is InChI=1S/C23H27N5O/c1-16-13-17(14-19-21(16)22-18(23(29)26-19)5-4-8-25-22)15-27-9-11-28(12-10-27)20-6-2-3-7-24-20/h2-3,6-7,13-14,25H,4-5,8-12,15H2,1H3,(H,26,29). The van der Waals surface area contributed by atoms with Gasteiger partial charge in [-0.3, -0.25) is 9.69 Å². The maximum Gasteiger partial charge on any atom is 0.253 e. The van der Waals surface area contributed by atoms with Gasteiger partial charge in [0.15, 0.2) is 0 Å². The maximum absolute atomic E-state index is 12.5. The van der Waals surface area contributed by atoms with Crippen LogP contribution in [0.3, 0.4) is 0 Å². The van der Waals surface area contributed by atoms with Gasteiger partial charge in [0.05, 0.1) is 11.2 Å². The van der Waals surface area contributed by atoms with Crippen molar-refractivity contribution in [3.05, 3.63) is 63.6 Å². The highest BCUT2D eigenvalue weighted by Crippen LogP contribution is 2.31. The third-order valence-electron chi connectivity index (χ3n) is 6.13. The molecule has 0 aliphatic carbocycles. The quantitative estimate of drug-likeness (QED) is 0.721. The van der Waals surface area contributed by atoms with Crippen molar-refractivity contribution < 1.29 is 0 Å². The summed E-state index contributed by atoms with van der Waals surface area (Å²) in [5, 5.41) is 4.64. The van der Waals surface area contributed by atoms with Crippen molar-refractivity contribution in [3.8, 4) is 0 Å². The summed E-state index contributed by atoms with van der Waals surface area (Å²) in [6, 6.07) is 10.5. The molecule has 3 aromatic rings. The molecule has 1 aromatic carbocycles. The lowest BCUT2D eigenvalue weighted by Gasteiger charge is -2.35. The van der Waals surface area contributed by atoms with Gasteiger partial charge < -0.3 is 15.2 Å². The lowest BCUT2D eigenvalue weighted by Crippen LogP contribution is -2.46. The van der Waals surface area contributed by atoms with Crippen LogP contribution in [-0.4, -0.2) is 47.6 Å². The number of hydrogen-bond donors (Lipinski definition) is 2. The van der Waals surface area contributed by atoms with E-state index in [-0.39, 0.29) is 5.56 Å². The van der Waals surface area contributed by atoms with E-state index >= 15 is 0 Å². The average molecular weight is 390 g/mol. The van der Waals surface area contributed by atoms with E-state index in [0.29, 0.717) is 0 Å². The summed E-state index contributed by atoms with van der Waals surface area (Å²) in [5.41, 5.74) is 5.44. The van der Waals surface area contributed by atoms with Crippen LogP contribution in [0.2, 0.25) is 0 Å². The molecule has 150 valence electrons. The predicted molar refractivity (Wildman–Crippen MR) is 118 cm³/mol. The second kappa shape index (κ2) is 7.52. The molecule has 6 heteroatoms. The molecule has 0 atom stereocenters. The highest BCUT2D eigenvalue weighted by molar-refractivity contribution is 5.96. The van der Waals surface area contributed by atoms with Crippen LogP contribution >= 0.6 is 0 Å². The van der Waals surface area contributed by atoms with Crippen molar-refractivity contribution >= 4 is 22.4 Å². The molecule has 2 N–H and O–H groups in total. The third-order valence-corrected chi connectivity index (χ3v) is 6.13. The number of benzene rings is 1. The maximum atomic E-state index is 12.5. The number of piperazine rings is 1. The van der Waals surface area contributed by atoms with Crippen LogP contribution in [0.15, 0.2) is 41.3 Å². The van der Waals surface area contributed by atoms with Gasteiger partial charge in [0.2, 0.25) is 0 Å². The molecule has 0 bridgehead atoms. The highest BCUT2D eigenvalue weighted by atomic mass is 16.1. The third kappa shape index (κ3) is 3.49. The van der Waals surface area contributed by atoms with E-state index in [1.807, 2.05) is 18.3 Å². The van der Waals surface area contributed by atoms with E-state index < -0.39 is 0 Å². The molecule has 0 amide bonds. The minimum atomic E-state index is 0.0558. The minimum Gasteiger partial charge on any atom is -0.384 e. The molecular weight excluding hydrogens is 362 g/mol. The summed E-state index contributed by atoms with van der Waals surface area (Å²) < 4.78 is 0. The molecule has 2 aliphatic heterocycles. The Labute approximate surface area is 170 Å². The number of H-pyrrole nitrogens is 1. The molecule has 1 fully saturated rings. The zero-order valence-corrected chi connectivity index (χ0v) is 16.9. The second-order valence-corrected chi connectivity index (χ2v) is 8.12. The van der Waals surface area contributed by atoms with E-state index in [4.69, 9.17) is 0 Å². The summed E-state index contributed by atoms with van der Waals surface area (Å²) in [6.07, 6.45) is 3.73. The van der Waals surface area contributed by atoms with Gasteiger partial charge in [-0.25, -0.2) is 4.98 Å². The smallest absolute Gasteiger partial charge is 0.253 e. The highest BCUT2D eigenvalue weighted by Gasteiger charge is 2.20. The molecule has 0 saturated carbocycles. The first-order valence-corrected chi connectivity index (χ1v) is 10.5. The number of anilines is 2. The van der Waals surface area contributed by atoms with Crippen molar-refractivity contribution in [1.82, 2.24) is 14.9 Å². The molecule has 2 aromatic heterocycles.